The monoisotopic (exact) mass is 238 g/mol. The number of rotatable bonds is 6. The van der Waals surface area contributed by atoms with Crippen LogP contribution in [0.15, 0.2) is 24.3 Å². The van der Waals surface area contributed by atoms with Gasteiger partial charge in [0.05, 0.1) is 4.92 Å². The van der Waals surface area contributed by atoms with Gasteiger partial charge in [0.25, 0.3) is 5.69 Å². The summed E-state index contributed by atoms with van der Waals surface area (Å²) >= 11 is 0. The van der Waals surface area contributed by atoms with E-state index in [-0.39, 0.29) is 18.0 Å². The Kier molecular flexibility index (Phi) is 4.45. The number of nitro groups is 1. The Morgan fingerprint density at radius 2 is 2.06 bits per heavy atom. The van der Waals surface area contributed by atoms with Crippen molar-refractivity contribution in [3.8, 4) is 0 Å². The van der Waals surface area contributed by atoms with Crippen molar-refractivity contribution in [1.82, 2.24) is 0 Å². The molecule has 0 radical (unpaired) electrons. The molecule has 1 aromatic rings. The average molecular weight is 238 g/mol. The fraction of sp³-hybridized carbons (Fsp3) is 0.364. The molecule has 0 saturated carbocycles. The number of aliphatic carboxylic acids is 1. The van der Waals surface area contributed by atoms with E-state index in [1.54, 1.807) is 12.1 Å². The fourth-order valence-electron chi connectivity index (χ4n) is 1.36. The molecule has 0 aliphatic carbocycles. The molecular weight excluding hydrogens is 224 g/mol. The third-order valence-corrected chi connectivity index (χ3v) is 2.26. The van der Waals surface area contributed by atoms with Gasteiger partial charge in [-0.3, -0.25) is 14.9 Å². The highest BCUT2D eigenvalue weighted by Gasteiger charge is 2.08. The van der Waals surface area contributed by atoms with Crippen molar-refractivity contribution < 1.29 is 14.8 Å². The summed E-state index contributed by atoms with van der Waals surface area (Å²) in [7, 11) is 0. The lowest BCUT2D eigenvalue weighted by Gasteiger charge is -2.11. The number of hydrogen-bond donors (Lipinski definition) is 2. The summed E-state index contributed by atoms with van der Waals surface area (Å²) in [6, 6.07) is 6.02. The minimum atomic E-state index is -0.831. The number of hydrogen-bond acceptors (Lipinski definition) is 4. The summed E-state index contributed by atoms with van der Waals surface area (Å²) in [5, 5.41) is 22.0. The van der Waals surface area contributed by atoms with E-state index in [9.17, 15) is 14.9 Å². The first-order valence-corrected chi connectivity index (χ1v) is 5.19. The summed E-state index contributed by atoms with van der Waals surface area (Å²) in [4.78, 5) is 20.4. The zero-order valence-electron chi connectivity index (χ0n) is 9.42. The smallest absolute Gasteiger partial charge is 0.303 e. The number of carbonyl (C=O) groups is 1. The predicted octanol–water partition coefficient (Wildman–Crippen LogP) is 2.12. The van der Waals surface area contributed by atoms with Crippen LogP contribution in [-0.2, 0) is 4.79 Å². The number of carboxylic acids is 1. The molecule has 1 aromatic carbocycles. The van der Waals surface area contributed by atoms with Crippen LogP contribution in [0.1, 0.15) is 13.3 Å². The molecule has 1 rings (SSSR count). The van der Waals surface area contributed by atoms with Crippen molar-refractivity contribution in [1.29, 1.82) is 0 Å². The second kappa shape index (κ2) is 5.83. The molecule has 92 valence electrons. The Balaban J connectivity index is 2.47. The van der Waals surface area contributed by atoms with Crippen molar-refractivity contribution in [2.24, 2.45) is 5.92 Å². The third kappa shape index (κ3) is 4.50. The highest BCUT2D eigenvalue weighted by molar-refractivity contribution is 5.67. The minimum Gasteiger partial charge on any atom is -0.481 e. The van der Waals surface area contributed by atoms with E-state index in [0.29, 0.717) is 6.54 Å². The van der Waals surface area contributed by atoms with Gasteiger partial charge in [-0.05, 0) is 18.1 Å². The lowest BCUT2D eigenvalue weighted by atomic mass is 10.1. The number of non-ortho nitro benzene ring substituents is 1. The maximum Gasteiger partial charge on any atom is 0.303 e. The van der Waals surface area contributed by atoms with Gasteiger partial charge in [-0.25, -0.2) is 0 Å². The molecular formula is C11H14N2O4. The summed E-state index contributed by atoms with van der Waals surface area (Å²) in [6.45, 7) is 2.34. The van der Waals surface area contributed by atoms with Gasteiger partial charge in [0.1, 0.15) is 0 Å². The Morgan fingerprint density at radius 1 is 1.47 bits per heavy atom. The molecule has 0 heterocycles. The van der Waals surface area contributed by atoms with Crippen LogP contribution < -0.4 is 5.32 Å². The average Bonchev–Trinajstić information content (AvgIpc) is 2.26. The molecule has 0 bridgehead atoms. The van der Waals surface area contributed by atoms with Crippen molar-refractivity contribution in [2.75, 3.05) is 11.9 Å². The van der Waals surface area contributed by atoms with Crippen LogP contribution in [0.3, 0.4) is 0 Å². The standard InChI is InChI=1S/C11H14N2O4/c1-8(6-11(14)15)7-12-9-2-4-10(5-3-9)13(16)17/h2-5,8,12H,6-7H2,1H3,(H,14,15). The predicted molar refractivity (Wildman–Crippen MR) is 63.0 cm³/mol. The zero-order valence-corrected chi connectivity index (χ0v) is 9.42. The number of anilines is 1. The van der Waals surface area contributed by atoms with Crippen molar-refractivity contribution in [3.05, 3.63) is 34.4 Å². The molecule has 0 fully saturated rings. The van der Waals surface area contributed by atoms with Gasteiger partial charge in [-0.15, -0.1) is 0 Å². The zero-order chi connectivity index (χ0) is 12.8. The van der Waals surface area contributed by atoms with Crippen LogP contribution in [0, 0.1) is 16.0 Å². The lowest BCUT2D eigenvalue weighted by Crippen LogP contribution is -2.14. The van der Waals surface area contributed by atoms with Gasteiger partial charge >= 0.3 is 5.97 Å². The van der Waals surface area contributed by atoms with Gasteiger partial charge in [0.15, 0.2) is 0 Å². The second-order valence-electron chi connectivity index (χ2n) is 3.89. The Bertz CT molecular complexity index is 402. The lowest BCUT2D eigenvalue weighted by molar-refractivity contribution is -0.384. The maximum absolute atomic E-state index is 10.4. The highest BCUT2D eigenvalue weighted by atomic mass is 16.6. The number of nitrogens with zero attached hydrogens (tertiary/aromatic N) is 1. The first-order chi connectivity index (χ1) is 7.99. The van der Waals surface area contributed by atoms with Crippen LogP contribution in [0.4, 0.5) is 11.4 Å². The third-order valence-electron chi connectivity index (χ3n) is 2.26. The van der Waals surface area contributed by atoms with E-state index in [0.717, 1.165) is 5.69 Å². The summed E-state index contributed by atoms with van der Waals surface area (Å²) in [5.74, 6) is -0.828. The van der Waals surface area contributed by atoms with Crippen molar-refractivity contribution >= 4 is 17.3 Å². The van der Waals surface area contributed by atoms with Gasteiger partial charge < -0.3 is 10.4 Å². The van der Waals surface area contributed by atoms with E-state index in [4.69, 9.17) is 5.11 Å². The fourth-order valence-corrected chi connectivity index (χ4v) is 1.36. The van der Waals surface area contributed by atoms with Gasteiger partial charge in [-0.2, -0.15) is 0 Å². The molecule has 1 unspecified atom stereocenters. The topological polar surface area (TPSA) is 92.5 Å². The van der Waals surface area contributed by atoms with Crippen LogP contribution in [0.5, 0.6) is 0 Å². The molecule has 0 spiro atoms. The molecule has 0 aromatic heterocycles. The van der Waals surface area contributed by atoms with Crippen LogP contribution in [0.25, 0.3) is 0 Å². The molecule has 2 N–H and O–H groups in total. The van der Waals surface area contributed by atoms with E-state index in [1.807, 2.05) is 6.92 Å². The molecule has 17 heavy (non-hydrogen) atoms. The SMILES string of the molecule is CC(CNc1ccc([N+](=O)[O-])cc1)CC(=O)O. The number of carboxylic acid groups (broad SMARTS) is 1. The highest BCUT2D eigenvalue weighted by Crippen LogP contribution is 2.16. The Labute approximate surface area is 98.4 Å². The summed E-state index contributed by atoms with van der Waals surface area (Å²) in [6.07, 6.45) is 0.0972. The van der Waals surface area contributed by atoms with E-state index < -0.39 is 10.9 Å². The van der Waals surface area contributed by atoms with E-state index in [2.05, 4.69) is 5.32 Å². The molecule has 0 aliphatic rings. The van der Waals surface area contributed by atoms with Crippen LogP contribution in [0.2, 0.25) is 0 Å². The normalized spacial score (nSPS) is 11.8. The molecule has 1 atom stereocenters. The molecule has 6 heteroatoms. The summed E-state index contributed by atoms with van der Waals surface area (Å²) < 4.78 is 0. The maximum atomic E-state index is 10.4. The van der Waals surface area contributed by atoms with Gasteiger partial charge in [0, 0.05) is 30.8 Å². The van der Waals surface area contributed by atoms with Crippen molar-refractivity contribution in [3.63, 3.8) is 0 Å². The van der Waals surface area contributed by atoms with Gasteiger partial charge in [-0.1, -0.05) is 6.92 Å². The molecule has 0 saturated heterocycles. The summed E-state index contributed by atoms with van der Waals surface area (Å²) in [5.41, 5.74) is 0.780. The minimum absolute atomic E-state index is 0.00249. The van der Waals surface area contributed by atoms with Gasteiger partial charge in [0.2, 0.25) is 0 Å². The number of benzene rings is 1. The van der Waals surface area contributed by atoms with Crippen LogP contribution >= 0.6 is 0 Å². The number of nitrogens with one attached hydrogen (secondary N) is 1. The number of nitro benzene ring substituents is 1. The Morgan fingerprint density at radius 3 is 2.53 bits per heavy atom. The Hall–Kier alpha value is -2.11. The largest absolute Gasteiger partial charge is 0.481 e. The first kappa shape index (κ1) is 13.0. The molecule has 0 aliphatic heterocycles. The second-order valence-corrected chi connectivity index (χ2v) is 3.89. The molecule has 6 nitrogen and oxygen atoms in total. The van der Waals surface area contributed by atoms with E-state index >= 15 is 0 Å². The molecule has 0 amide bonds. The van der Waals surface area contributed by atoms with E-state index in [1.165, 1.54) is 12.1 Å². The van der Waals surface area contributed by atoms with Crippen molar-refractivity contribution in [2.45, 2.75) is 13.3 Å². The quantitative estimate of drug-likeness (QED) is 0.585. The first-order valence-electron chi connectivity index (χ1n) is 5.19. The van der Waals surface area contributed by atoms with Crippen LogP contribution in [-0.4, -0.2) is 22.5 Å².